The van der Waals surface area contributed by atoms with Crippen LogP contribution in [0.15, 0.2) is 89.0 Å². The van der Waals surface area contributed by atoms with Crippen LogP contribution in [0.4, 0.5) is 5.69 Å². The Balaban J connectivity index is 1.33. The molecule has 0 aliphatic carbocycles. The number of hydrazone groups is 1. The highest BCUT2D eigenvalue weighted by Crippen LogP contribution is 2.38. The molecular weight excluding hydrogens is 472 g/mol. The van der Waals surface area contributed by atoms with Crippen LogP contribution in [-0.4, -0.2) is 40.1 Å². The molecule has 2 amide bonds. The molecule has 0 radical (unpaired) electrons. The summed E-state index contributed by atoms with van der Waals surface area (Å²) in [5.41, 5.74) is 4.89. The van der Waals surface area contributed by atoms with E-state index in [1.807, 2.05) is 23.2 Å². The Labute approximate surface area is 214 Å². The van der Waals surface area contributed by atoms with Crippen molar-refractivity contribution >= 4 is 40.1 Å². The van der Waals surface area contributed by atoms with Crippen LogP contribution in [0, 0.1) is 6.92 Å². The third kappa shape index (κ3) is 5.18. The number of carbonyl (C=O) groups excluding carboxylic acids is 2. The fourth-order valence-corrected chi connectivity index (χ4v) is 5.29. The van der Waals surface area contributed by atoms with Crippen LogP contribution in [-0.2, 0) is 9.59 Å². The van der Waals surface area contributed by atoms with E-state index in [1.165, 1.54) is 17.3 Å². The number of carbonyl (C=O) groups is 2. The molecule has 5 rings (SSSR count). The minimum Gasteiger partial charge on any atom is -0.497 e. The van der Waals surface area contributed by atoms with Crippen LogP contribution in [0.3, 0.4) is 0 Å². The number of hydrogen-bond donors (Lipinski definition) is 1. The van der Waals surface area contributed by atoms with Crippen LogP contribution >= 0.6 is 11.8 Å². The lowest BCUT2D eigenvalue weighted by Crippen LogP contribution is -2.25. The monoisotopic (exact) mass is 498 g/mol. The summed E-state index contributed by atoms with van der Waals surface area (Å²) in [6.07, 6.45) is 0.716. The van der Waals surface area contributed by atoms with E-state index in [9.17, 15) is 9.59 Å². The van der Waals surface area contributed by atoms with Crippen molar-refractivity contribution in [3.05, 3.63) is 95.6 Å². The molecule has 3 aromatic carbocycles. The average molecular weight is 499 g/mol. The van der Waals surface area contributed by atoms with Gasteiger partial charge < -0.3 is 10.1 Å². The van der Waals surface area contributed by atoms with Gasteiger partial charge in [-0.3, -0.25) is 9.59 Å². The maximum absolute atomic E-state index is 12.8. The largest absolute Gasteiger partial charge is 0.497 e. The Hall–Kier alpha value is -3.91. The molecule has 0 unspecified atom stereocenters. The standard InChI is InChI=1S/C28H26N4O3S/c1-18-11-13-19(14-12-18)23-16-24(20-7-4-3-5-8-20)32(31-23)28-30-27(34)25(36-28)17-26(33)29-21-9-6-10-22(15-21)35-2/h3-15,24-25H,16-17H2,1-2H3,(H,29,33)/t24-,25+/m0/s1. The van der Waals surface area contributed by atoms with Crippen LogP contribution in [0.2, 0.25) is 0 Å². The fourth-order valence-electron chi connectivity index (χ4n) is 4.23. The summed E-state index contributed by atoms with van der Waals surface area (Å²) in [4.78, 5) is 29.8. The zero-order valence-corrected chi connectivity index (χ0v) is 20.9. The van der Waals surface area contributed by atoms with Crippen molar-refractivity contribution in [3.63, 3.8) is 0 Å². The molecular formula is C28H26N4O3S. The van der Waals surface area contributed by atoms with Gasteiger partial charge in [0.15, 0.2) is 5.17 Å². The van der Waals surface area contributed by atoms with Crippen molar-refractivity contribution < 1.29 is 14.3 Å². The van der Waals surface area contributed by atoms with E-state index in [2.05, 4.69) is 53.6 Å². The number of methoxy groups -OCH3 is 1. The molecule has 0 saturated heterocycles. The topological polar surface area (TPSA) is 83.4 Å². The van der Waals surface area contributed by atoms with Gasteiger partial charge >= 0.3 is 0 Å². The second-order valence-corrected chi connectivity index (χ2v) is 9.88. The second-order valence-electron chi connectivity index (χ2n) is 8.71. The van der Waals surface area contributed by atoms with Gasteiger partial charge in [0.25, 0.3) is 5.91 Å². The molecule has 2 atom stereocenters. The third-order valence-electron chi connectivity index (χ3n) is 6.13. The lowest BCUT2D eigenvalue weighted by atomic mass is 9.98. The summed E-state index contributed by atoms with van der Waals surface area (Å²) in [5, 5.41) is 9.50. The molecule has 2 aliphatic rings. The summed E-state index contributed by atoms with van der Waals surface area (Å²) in [6.45, 7) is 2.05. The number of nitrogens with one attached hydrogen (secondary N) is 1. The summed E-state index contributed by atoms with van der Waals surface area (Å²) in [6, 6.07) is 25.4. The van der Waals surface area contributed by atoms with E-state index < -0.39 is 5.25 Å². The highest BCUT2D eigenvalue weighted by molar-refractivity contribution is 8.15. The molecule has 2 aliphatic heterocycles. The number of ether oxygens (including phenoxy) is 1. The molecule has 0 saturated carbocycles. The first-order valence-corrected chi connectivity index (χ1v) is 12.6. The Morgan fingerprint density at radius 2 is 1.86 bits per heavy atom. The van der Waals surface area contributed by atoms with Crippen molar-refractivity contribution in [1.82, 2.24) is 5.01 Å². The van der Waals surface area contributed by atoms with Gasteiger partial charge in [-0.25, -0.2) is 5.01 Å². The molecule has 1 N–H and O–H groups in total. The zero-order chi connectivity index (χ0) is 25.1. The number of amides is 2. The molecule has 36 heavy (non-hydrogen) atoms. The lowest BCUT2D eigenvalue weighted by Gasteiger charge is -2.23. The van der Waals surface area contributed by atoms with Gasteiger partial charge in [-0.1, -0.05) is 78.0 Å². The molecule has 8 heteroatoms. The summed E-state index contributed by atoms with van der Waals surface area (Å²) >= 11 is 1.29. The lowest BCUT2D eigenvalue weighted by molar-refractivity contribution is -0.121. The first kappa shape index (κ1) is 23.8. The molecule has 2 heterocycles. The minimum atomic E-state index is -0.597. The van der Waals surface area contributed by atoms with Gasteiger partial charge in [-0.2, -0.15) is 10.1 Å². The highest BCUT2D eigenvalue weighted by atomic mass is 32.2. The van der Waals surface area contributed by atoms with Crippen molar-refractivity contribution in [2.75, 3.05) is 12.4 Å². The van der Waals surface area contributed by atoms with Gasteiger partial charge in [0.1, 0.15) is 11.0 Å². The maximum Gasteiger partial charge on any atom is 0.262 e. The predicted molar refractivity (Wildman–Crippen MR) is 143 cm³/mol. The van der Waals surface area contributed by atoms with Gasteiger partial charge in [0, 0.05) is 24.6 Å². The van der Waals surface area contributed by atoms with E-state index in [0.717, 1.165) is 16.8 Å². The molecule has 7 nitrogen and oxygen atoms in total. The van der Waals surface area contributed by atoms with Crippen LogP contribution in [0.25, 0.3) is 0 Å². The van der Waals surface area contributed by atoms with Crippen LogP contribution in [0.5, 0.6) is 5.75 Å². The van der Waals surface area contributed by atoms with Crippen molar-refractivity contribution in [3.8, 4) is 5.75 Å². The number of amidine groups is 1. The zero-order valence-electron chi connectivity index (χ0n) is 20.0. The van der Waals surface area contributed by atoms with Crippen molar-refractivity contribution in [2.24, 2.45) is 10.1 Å². The quantitative estimate of drug-likeness (QED) is 0.506. The molecule has 0 bridgehead atoms. The van der Waals surface area contributed by atoms with Crippen molar-refractivity contribution in [1.29, 1.82) is 0 Å². The number of thioether (sulfide) groups is 1. The number of hydrogen-bond acceptors (Lipinski definition) is 6. The smallest absolute Gasteiger partial charge is 0.262 e. The van der Waals surface area contributed by atoms with E-state index in [-0.39, 0.29) is 24.3 Å². The summed E-state index contributed by atoms with van der Waals surface area (Å²) in [7, 11) is 1.57. The van der Waals surface area contributed by atoms with Gasteiger partial charge in [-0.15, -0.1) is 0 Å². The van der Waals surface area contributed by atoms with Gasteiger partial charge in [-0.05, 0) is 30.2 Å². The number of anilines is 1. The molecule has 0 fully saturated rings. The van der Waals surface area contributed by atoms with Gasteiger partial charge in [0.05, 0.1) is 18.9 Å². The minimum absolute atomic E-state index is 0.0199. The Bertz CT molecular complexity index is 1340. The van der Waals surface area contributed by atoms with Crippen LogP contribution < -0.4 is 10.1 Å². The molecule has 3 aromatic rings. The molecule has 0 aromatic heterocycles. The van der Waals surface area contributed by atoms with E-state index >= 15 is 0 Å². The molecule has 182 valence electrons. The third-order valence-corrected chi connectivity index (χ3v) is 7.27. The maximum atomic E-state index is 12.8. The predicted octanol–water partition coefficient (Wildman–Crippen LogP) is 5.18. The first-order valence-electron chi connectivity index (χ1n) is 11.7. The molecule has 0 spiro atoms. The summed E-state index contributed by atoms with van der Waals surface area (Å²) < 4.78 is 5.21. The van der Waals surface area contributed by atoms with Crippen LogP contribution in [0.1, 0.15) is 35.6 Å². The van der Waals surface area contributed by atoms with E-state index in [1.54, 1.807) is 31.4 Å². The SMILES string of the molecule is COc1cccc(NC(=O)C[C@H]2SC(N3N=C(c4ccc(C)cc4)C[C@H]3c3ccccc3)=NC2=O)c1. The number of rotatable bonds is 6. The Kier molecular flexibility index (Phi) is 6.86. The van der Waals surface area contributed by atoms with Gasteiger partial charge in [0.2, 0.25) is 5.91 Å². The summed E-state index contributed by atoms with van der Waals surface area (Å²) in [5.74, 6) is 0.0741. The fraction of sp³-hybridized carbons (Fsp3) is 0.214. The Morgan fingerprint density at radius 1 is 1.08 bits per heavy atom. The highest BCUT2D eigenvalue weighted by Gasteiger charge is 2.39. The van der Waals surface area contributed by atoms with Crippen molar-refractivity contribution in [2.45, 2.75) is 31.1 Å². The normalized spacial score (nSPS) is 19.2. The second kappa shape index (κ2) is 10.4. The number of aliphatic imine (C=N–C) groups is 1. The van der Waals surface area contributed by atoms with E-state index in [0.29, 0.717) is 23.0 Å². The van der Waals surface area contributed by atoms with E-state index in [4.69, 9.17) is 9.84 Å². The number of benzene rings is 3. The first-order chi connectivity index (χ1) is 17.5. The number of aryl methyl sites for hydroxylation is 1. The average Bonchev–Trinajstić information content (AvgIpc) is 3.49. The number of nitrogens with zero attached hydrogens (tertiary/aromatic N) is 3. The Morgan fingerprint density at radius 3 is 2.61 bits per heavy atom.